The Labute approximate surface area is 96.4 Å². The Hall–Kier alpha value is -1.13. The van der Waals surface area contributed by atoms with Crippen LogP contribution >= 0.6 is 0 Å². The molecule has 0 unspecified atom stereocenters. The Morgan fingerprint density at radius 2 is 1.94 bits per heavy atom. The van der Waals surface area contributed by atoms with Crippen LogP contribution in [-0.2, 0) is 14.3 Å². The van der Waals surface area contributed by atoms with Gasteiger partial charge < -0.3 is 9.47 Å². The number of methoxy groups -OCH3 is 1. The van der Waals surface area contributed by atoms with Crippen LogP contribution in [0.3, 0.4) is 0 Å². The van der Waals surface area contributed by atoms with E-state index in [2.05, 4.69) is 25.2 Å². The van der Waals surface area contributed by atoms with E-state index in [1.807, 2.05) is 18.2 Å². The van der Waals surface area contributed by atoms with Crippen molar-refractivity contribution in [1.29, 1.82) is 0 Å². The molecule has 86 valence electrons. The molecule has 1 aliphatic heterocycles. The Bertz CT molecular complexity index is 389. The van der Waals surface area contributed by atoms with Crippen molar-refractivity contribution in [3.63, 3.8) is 0 Å². The number of ether oxygens (including phenoxy) is 2. The first-order chi connectivity index (χ1) is 7.57. The van der Waals surface area contributed by atoms with Crippen molar-refractivity contribution < 1.29 is 14.3 Å². The zero-order valence-corrected chi connectivity index (χ0v) is 10.8. The zero-order chi connectivity index (χ0) is 11.8. The highest BCUT2D eigenvalue weighted by Crippen LogP contribution is 2.31. The van der Waals surface area contributed by atoms with Gasteiger partial charge in [0, 0.05) is 0 Å². The van der Waals surface area contributed by atoms with Crippen molar-refractivity contribution in [2.45, 2.75) is 24.9 Å². The van der Waals surface area contributed by atoms with Gasteiger partial charge in [-0.2, -0.15) is 0 Å². The van der Waals surface area contributed by atoms with Crippen LogP contribution in [-0.4, -0.2) is 33.0 Å². The van der Waals surface area contributed by atoms with Crippen molar-refractivity contribution in [2.75, 3.05) is 7.11 Å². The first kappa shape index (κ1) is 11.4. The van der Waals surface area contributed by atoms with Crippen molar-refractivity contribution in [1.82, 2.24) is 0 Å². The number of hydrogen-bond donors (Lipinski definition) is 0. The second-order valence-electron chi connectivity index (χ2n) is 4.59. The van der Waals surface area contributed by atoms with Crippen LogP contribution in [0.1, 0.15) is 0 Å². The highest BCUT2D eigenvalue weighted by Gasteiger charge is 2.56. The number of hydrogen-bond acceptors (Lipinski definition) is 3. The third-order valence-electron chi connectivity index (χ3n) is 3.15. The lowest BCUT2D eigenvalue weighted by Crippen LogP contribution is -2.48. The van der Waals surface area contributed by atoms with Crippen LogP contribution in [0.4, 0.5) is 0 Å². The molecule has 0 amide bonds. The minimum absolute atomic E-state index is 0.0577. The molecule has 0 aromatic heterocycles. The Morgan fingerprint density at radius 3 is 2.50 bits per heavy atom. The second-order valence-corrected chi connectivity index (χ2v) is 9.18. The third kappa shape index (κ3) is 1.90. The Kier molecular flexibility index (Phi) is 2.86. The smallest absolute Gasteiger partial charge is 0.337 e. The first-order valence-corrected chi connectivity index (χ1v) is 8.44. The van der Waals surface area contributed by atoms with Crippen LogP contribution in [0.15, 0.2) is 30.3 Å². The molecule has 1 heterocycles. The standard InChI is InChI=1S/C12H16O3Si/c1-14-11(13)10-12(15-10)16(2,3)9-7-5-4-6-8-9/h4-8,10,12H,1-3H3/t10-,12+/m0/s1. The summed E-state index contributed by atoms with van der Waals surface area (Å²) < 4.78 is 10.2. The third-order valence-corrected chi connectivity index (χ3v) is 6.84. The van der Waals surface area contributed by atoms with Crippen molar-refractivity contribution >= 4 is 19.2 Å². The molecule has 0 bridgehead atoms. The van der Waals surface area contributed by atoms with E-state index >= 15 is 0 Å². The molecule has 2 rings (SSSR count). The van der Waals surface area contributed by atoms with Gasteiger partial charge in [0.15, 0.2) is 6.10 Å². The lowest BCUT2D eigenvalue weighted by molar-refractivity contribution is -0.142. The number of carbonyl (C=O) groups is 1. The molecule has 0 aliphatic carbocycles. The lowest BCUT2D eigenvalue weighted by atomic mass is 10.4. The number of epoxide rings is 1. The summed E-state index contributed by atoms with van der Waals surface area (Å²) in [4.78, 5) is 11.3. The number of benzene rings is 1. The van der Waals surface area contributed by atoms with Gasteiger partial charge in [-0.15, -0.1) is 0 Å². The van der Waals surface area contributed by atoms with Crippen LogP contribution in [0, 0.1) is 0 Å². The van der Waals surface area contributed by atoms with E-state index in [0.29, 0.717) is 0 Å². The van der Waals surface area contributed by atoms with E-state index in [1.165, 1.54) is 12.3 Å². The molecule has 1 aliphatic rings. The summed E-state index contributed by atoms with van der Waals surface area (Å²) in [6.45, 7) is 4.44. The van der Waals surface area contributed by atoms with E-state index in [9.17, 15) is 4.79 Å². The van der Waals surface area contributed by atoms with E-state index in [4.69, 9.17) is 9.47 Å². The summed E-state index contributed by atoms with van der Waals surface area (Å²) in [6, 6.07) is 10.3. The molecule has 1 aromatic rings. The summed E-state index contributed by atoms with van der Waals surface area (Å²) in [6.07, 6.45) is -0.341. The molecular weight excluding hydrogens is 220 g/mol. The molecule has 16 heavy (non-hydrogen) atoms. The number of esters is 1. The minimum Gasteiger partial charge on any atom is -0.467 e. The lowest BCUT2D eigenvalue weighted by Gasteiger charge is -2.20. The highest BCUT2D eigenvalue weighted by molar-refractivity contribution is 6.91. The molecule has 0 spiro atoms. The summed E-state index contributed by atoms with van der Waals surface area (Å²) >= 11 is 0. The van der Waals surface area contributed by atoms with Gasteiger partial charge in [0.1, 0.15) is 8.07 Å². The maximum absolute atomic E-state index is 11.3. The van der Waals surface area contributed by atoms with Crippen LogP contribution in [0.25, 0.3) is 0 Å². The first-order valence-electron chi connectivity index (χ1n) is 5.36. The molecule has 0 N–H and O–H groups in total. The number of carbonyl (C=O) groups excluding carboxylic acids is 1. The van der Waals surface area contributed by atoms with Crippen LogP contribution in [0.5, 0.6) is 0 Å². The Balaban J connectivity index is 2.14. The van der Waals surface area contributed by atoms with E-state index in [1.54, 1.807) is 0 Å². The average Bonchev–Trinajstić information content (AvgIpc) is 3.10. The van der Waals surface area contributed by atoms with Crippen molar-refractivity contribution in [3.05, 3.63) is 30.3 Å². The fourth-order valence-electron chi connectivity index (χ4n) is 1.99. The fraction of sp³-hybridized carbons (Fsp3) is 0.417. The van der Waals surface area contributed by atoms with Gasteiger partial charge in [-0.3, -0.25) is 0 Å². The second kappa shape index (κ2) is 4.03. The predicted octanol–water partition coefficient (Wildman–Crippen LogP) is 1.08. The van der Waals surface area contributed by atoms with Crippen LogP contribution < -0.4 is 5.19 Å². The van der Waals surface area contributed by atoms with E-state index in [-0.39, 0.29) is 17.8 Å². The van der Waals surface area contributed by atoms with Crippen molar-refractivity contribution in [2.24, 2.45) is 0 Å². The molecule has 1 saturated heterocycles. The molecule has 1 aromatic carbocycles. The quantitative estimate of drug-likeness (QED) is 0.448. The monoisotopic (exact) mass is 236 g/mol. The molecule has 2 atom stereocenters. The maximum Gasteiger partial charge on any atom is 0.337 e. The molecule has 4 heteroatoms. The zero-order valence-electron chi connectivity index (χ0n) is 9.77. The fourth-order valence-corrected chi connectivity index (χ4v) is 4.75. The molecule has 0 radical (unpaired) electrons. The summed E-state index contributed by atoms with van der Waals surface area (Å²) in [7, 11) is -0.310. The highest BCUT2D eigenvalue weighted by atomic mass is 28.3. The minimum atomic E-state index is -1.71. The van der Waals surface area contributed by atoms with Crippen molar-refractivity contribution in [3.8, 4) is 0 Å². The summed E-state index contributed by atoms with van der Waals surface area (Å²) in [5.41, 5.74) is 0.0577. The molecule has 3 nitrogen and oxygen atoms in total. The van der Waals surface area contributed by atoms with Crippen LogP contribution in [0.2, 0.25) is 13.1 Å². The van der Waals surface area contributed by atoms with E-state index < -0.39 is 8.07 Å². The molecule has 0 saturated carbocycles. The number of rotatable bonds is 3. The van der Waals surface area contributed by atoms with Gasteiger partial charge in [0.2, 0.25) is 0 Å². The largest absolute Gasteiger partial charge is 0.467 e. The maximum atomic E-state index is 11.3. The average molecular weight is 236 g/mol. The van der Waals surface area contributed by atoms with Gasteiger partial charge in [-0.25, -0.2) is 4.79 Å². The molecular formula is C12H16O3Si. The Morgan fingerprint density at radius 1 is 1.31 bits per heavy atom. The van der Waals surface area contributed by atoms with Gasteiger partial charge in [0.05, 0.1) is 12.8 Å². The normalized spacial score (nSPS) is 23.9. The van der Waals surface area contributed by atoms with Gasteiger partial charge in [0.25, 0.3) is 0 Å². The van der Waals surface area contributed by atoms with E-state index in [0.717, 1.165) is 0 Å². The molecule has 1 fully saturated rings. The van der Waals surface area contributed by atoms with Gasteiger partial charge in [-0.1, -0.05) is 48.6 Å². The summed E-state index contributed by atoms with van der Waals surface area (Å²) in [5.74, 6) is -0.249. The van der Waals surface area contributed by atoms with Gasteiger partial charge in [-0.05, 0) is 0 Å². The summed E-state index contributed by atoms with van der Waals surface area (Å²) in [5, 5.41) is 1.31. The van der Waals surface area contributed by atoms with Gasteiger partial charge >= 0.3 is 5.97 Å². The SMILES string of the molecule is COC(=O)[C@@H]1O[C@@H]1[Si](C)(C)c1ccccc1. The predicted molar refractivity (Wildman–Crippen MR) is 64.2 cm³/mol. The topological polar surface area (TPSA) is 38.8 Å².